The molecule has 0 saturated carbocycles. The summed E-state index contributed by atoms with van der Waals surface area (Å²) in [6.45, 7) is 7.82. The molecule has 2 fully saturated rings. The Morgan fingerprint density at radius 1 is 1.50 bits per heavy atom. The van der Waals surface area contributed by atoms with Crippen molar-refractivity contribution in [1.82, 2.24) is 4.90 Å². The fourth-order valence-corrected chi connectivity index (χ4v) is 2.88. The van der Waals surface area contributed by atoms with Crippen LogP contribution in [0.15, 0.2) is 0 Å². The van der Waals surface area contributed by atoms with Crippen molar-refractivity contribution in [2.45, 2.75) is 51.0 Å². The number of nitrogens with zero attached hydrogens (tertiary/aromatic N) is 1. The minimum absolute atomic E-state index is 0.0847. The van der Waals surface area contributed by atoms with Crippen LogP contribution in [0.5, 0.6) is 0 Å². The highest BCUT2D eigenvalue weighted by Gasteiger charge is 2.40. The standard InChI is InChI=1S/C12H24N2O2/c1-3-14-6-4-5-10(14)7-12(2)15-9-11(8-13)16-12/h10-11H,3-9,13H2,1-2H3. The molecule has 4 heteroatoms. The van der Waals surface area contributed by atoms with Gasteiger partial charge in [-0.25, -0.2) is 0 Å². The van der Waals surface area contributed by atoms with E-state index in [-0.39, 0.29) is 6.10 Å². The molecule has 0 aliphatic carbocycles. The van der Waals surface area contributed by atoms with Crippen LogP contribution < -0.4 is 5.73 Å². The maximum atomic E-state index is 5.88. The molecule has 0 bridgehead atoms. The van der Waals surface area contributed by atoms with Crippen LogP contribution in [-0.2, 0) is 9.47 Å². The van der Waals surface area contributed by atoms with Gasteiger partial charge >= 0.3 is 0 Å². The topological polar surface area (TPSA) is 47.7 Å². The molecular formula is C12H24N2O2. The summed E-state index contributed by atoms with van der Waals surface area (Å²) in [6, 6.07) is 0.617. The Hall–Kier alpha value is -0.160. The van der Waals surface area contributed by atoms with Crippen LogP contribution >= 0.6 is 0 Å². The van der Waals surface area contributed by atoms with E-state index in [2.05, 4.69) is 18.7 Å². The average Bonchev–Trinajstić information content (AvgIpc) is 2.85. The van der Waals surface area contributed by atoms with Crippen LogP contribution in [0.3, 0.4) is 0 Å². The largest absolute Gasteiger partial charge is 0.347 e. The molecule has 16 heavy (non-hydrogen) atoms. The summed E-state index contributed by atoms with van der Waals surface area (Å²) in [5.41, 5.74) is 5.60. The molecule has 0 spiro atoms. The molecule has 2 heterocycles. The van der Waals surface area contributed by atoms with Gasteiger partial charge in [-0.3, -0.25) is 0 Å². The van der Waals surface area contributed by atoms with Crippen molar-refractivity contribution < 1.29 is 9.47 Å². The van der Waals surface area contributed by atoms with Crippen LogP contribution in [0.1, 0.15) is 33.1 Å². The van der Waals surface area contributed by atoms with Gasteiger partial charge in [-0.15, -0.1) is 0 Å². The molecule has 2 aliphatic rings. The number of nitrogens with two attached hydrogens (primary N) is 1. The smallest absolute Gasteiger partial charge is 0.167 e. The number of hydrogen-bond donors (Lipinski definition) is 1. The summed E-state index contributed by atoms with van der Waals surface area (Å²) in [4.78, 5) is 2.52. The first-order valence-corrected chi connectivity index (χ1v) is 6.43. The molecule has 0 aromatic carbocycles. The van der Waals surface area contributed by atoms with E-state index in [1.165, 1.54) is 19.4 Å². The zero-order valence-electron chi connectivity index (χ0n) is 10.4. The van der Waals surface area contributed by atoms with Gasteiger partial charge < -0.3 is 20.1 Å². The van der Waals surface area contributed by atoms with Crippen molar-refractivity contribution >= 4 is 0 Å². The normalized spacial score (nSPS) is 40.7. The predicted molar refractivity (Wildman–Crippen MR) is 63.2 cm³/mol. The minimum Gasteiger partial charge on any atom is -0.347 e. The summed E-state index contributed by atoms with van der Waals surface area (Å²) in [5.74, 6) is -0.410. The first-order valence-electron chi connectivity index (χ1n) is 6.43. The molecule has 4 nitrogen and oxygen atoms in total. The number of hydrogen-bond acceptors (Lipinski definition) is 4. The quantitative estimate of drug-likeness (QED) is 0.778. The van der Waals surface area contributed by atoms with Gasteiger partial charge in [0, 0.05) is 19.0 Å². The Kier molecular flexibility index (Phi) is 3.85. The SMILES string of the molecule is CCN1CCCC1CC1(C)OCC(CN)O1. The monoisotopic (exact) mass is 228 g/mol. The molecule has 2 rings (SSSR count). The van der Waals surface area contributed by atoms with Crippen LogP contribution in [0.4, 0.5) is 0 Å². The van der Waals surface area contributed by atoms with Crippen LogP contribution in [-0.4, -0.2) is 49.1 Å². The van der Waals surface area contributed by atoms with E-state index >= 15 is 0 Å². The Morgan fingerprint density at radius 2 is 2.31 bits per heavy atom. The second kappa shape index (κ2) is 5.00. The van der Waals surface area contributed by atoms with E-state index < -0.39 is 5.79 Å². The lowest BCUT2D eigenvalue weighted by atomic mass is 10.1. The van der Waals surface area contributed by atoms with Gasteiger partial charge in [0.15, 0.2) is 5.79 Å². The molecule has 0 radical (unpaired) electrons. The highest BCUT2D eigenvalue weighted by molar-refractivity contribution is 4.86. The van der Waals surface area contributed by atoms with Crippen LogP contribution in [0, 0.1) is 0 Å². The lowest BCUT2D eigenvalue weighted by Gasteiger charge is -2.31. The van der Waals surface area contributed by atoms with Gasteiger partial charge in [0.25, 0.3) is 0 Å². The third-order valence-electron chi connectivity index (χ3n) is 3.77. The molecule has 0 aromatic rings. The molecule has 3 unspecified atom stereocenters. The van der Waals surface area contributed by atoms with Gasteiger partial charge in [-0.2, -0.15) is 0 Å². The Morgan fingerprint density at radius 3 is 2.94 bits per heavy atom. The Bertz CT molecular complexity index is 237. The summed E-state index contributed by atoms with van der Waals surface area (Å²) in [7, 11) is 0. The average molecular weight is 228 g/mol. The summed E-state index contributed by atoms with van der Waals surface area (Å²) in [5, 5.41) is 0. The summed E-state index contributed by atoms with van der Waals surface area (Å²) < 4.78 is 11.6. The van der Waals surface area contributed by atoms with Crippen molar-refractivity contribution in [3.05, 3.63) is 0 Å². The van der Waals surface area contributed by atoms with Gasteiger partial charge in [0.1, 0.15) is 0 Å². The first-order chi connectivity index (χ1) is 7.67. The van der Waals surface area contributed by atoms with Crippen molar-refractivity contribution in [1.29, 1.82) is 0 Å². The molecule has 2 saturated heterocycles. The zero-order chi connectivity index (χ0) is 11.6. The van der Waals surface area contributed by atoms with Gasteiger partial charge in [0.05, 0.1) is 12.7 Å². The molecular weight excluding hydrogens is 204 g/mol. The third-order valence-corrected chi connectivity index (χ3v) is 3.77. The van der Waals surface area contributed by atoms with Crippen molar-refractivity contribution in [3.8, 4) is 0 Å². The van der Waals surface area contributed by atoms with E-state index in [1.54, 1.807) is 0 Å². The van der Waals surface area contributed by atoms with E-state index in [1.807, 2.05) is 0 Å². The van der Waals surface area contributed by atoms with Gasteiger partial charge in [0.2, 0.25) is 0 Å². The highest BCUT2D eigenvalue weighted by Crippen LogP contribution is 2.32. The number of likely N-dealkylation sites (tertiary alicyclic amines) is 1. The molecule has 3 atom stereocenters. The lowest BCUT2D eigenvalue weighted by Crippen LogP contribution is -2.39. The van der Waals surface area contributed by atoms with Gasteiger partial charge in [-0.1, -0.05) is 6.92 Å². The van der Waals surface area contributed by atoms with Crippen LogP contribution in [0.25, 0.3) is 0 Å². The van der Waals surface area contributed by atoms with E-state index in [0.717, 1.165) is 13.0 Å². The lowest BCUT2D eigenvalue weighted by molar-refractivity contribution is -0.165. The first kappa shape index (κ1) is 12.3. The third kappa shape index (κ3) is 2.56. The van der Waals surface area contributed by atoms with Crippen molar-refractivity contribution in [2.75, 3.05) is 26.2 Å². The molecule has 0 amide bonds. The molecule has 0 aromatic heterocycles. The van der Waals surface area contributed by atoms with E-state index in [0.29, 0.717) is 19.2 Å². The molecule has 2 aliphatic heterocycles. The van der Waals surface area contributed by atoms with Crippen LogP contribution in [0.2, 0.25) is 0 Å². The summed E-state index contributed by atoms with van der Waals surface area (Å²) >= 11 is 0. The molecule has 94 valence electrons. The second-order valence-electron chi connectivity index (χ2n) is 5.05. The Labute approximate surface area is 98.1 Å². The summed E-state index contributed by atoms with van der Waals surface area (Å²) in [6.07, 6.45) is 3.62. The fourth-order valence-electron chi connectivity index (χ4n) is 2.88. The Balaban J connectivity index is 1.89. The fraction of sp³-hybridized carbons (Fsp3) is 1.00. The number of ether oxygens (including phenoxy) is 2. The predicted octanol–water partition coefficient (Wildman–Crippen LogP) is 0.951. The van der Waals surface area contributed by atoms with Crippen molar-refractivity contribution in [3.63, 3.8) is 0 Å². The maximum Gasteiger partial charge on any atom is 0.167 e. The zero-order valence-corrected chi connectivity index (χ0v) is 10.4. The minimum atomic E-state index is -0.410. The van der Waals surface area contributed by atoms with E-state index in [9.17, 15) is 0 Å². The maximum absolute atomic E-state index is 5.88. The molecule has 2 N–H and O–H groups in total. The second-order valence-corrected chi connectivity index (χ2v) is 5.05. The van der Waals surface area contributed by atoms with Crippen molar-refractivity contribution in [2.24, 2.45) is 5.73 Å². The highest BCUT2D eigenvalue weighted by atomic mass is 16.7. The van der Waals surface area contributed by atoms with E-state index in [4.69, 9.17) is 15.2 Å². The number of rotatable bonds is 4. The van der Waals surface area contributed by atoms with Gasteiger partial charge in [-0.05, 0) is 32.9 Å².